The highest BCUT2D eigenvalue weighted by atomic mass is 16.2. The van der Waals surface area contributed by atoms with E-state index in [0.717, 1.165) is 28.7 Å². The lowest BCUT2D eigenvalue weighted by Gasteiger charge is -2.07. The van der Waals surface area contributed by atoms with Crippen LogP contribution in [-0.2, 0) is 13.5 Å². The number of benzene rings is 2. The fraction of sp³-hybridized carbons (Fsp3) is 0.176. The Morgan fingerprint density at radius 2 is 2.00 bits per heavy atom. The summed E-state index contributed by atoms with van der Waals surface area (Å²) in [6, 6.07) is 15.4. The number of hydrogen-bond acceptors (Lipinski definition) is 2. The van der Waals surface area contributed by atoms with E-state index in [1.165, 1.54) is 0 Å². The smallest absolute Gasteiger partial charge is 0.319 e. The molecule has 0 aliphatic carbocycles. The van der Waals surface area contributed by atoms with Crippen molar-refractivity contribution < 1.29 is 4.79 Å². The third kappa shape index (κ3) is 3.25. The summed E-state index contributed by atoms with van der Waals surface area (Å²) in [5.74, 6) is 0. The van der Waals surface area contributed by atoms with Crippen LogP contribution in [0.2, 0.25) is 0 Å². The topological polar surface area (TPSA) is 59.0 Å². The largest absolute Gasteiger partial charge is 0.338 e. The summed E-state index contributed by atoms with van der Waals surface area (Å²) in [7, 11) is 1.98. The molecule has 0 bridgehead atoms. The Bertz CT molecular complexity index is 780. The molecule has 2 N–H and O–H groups in total. The maximum atomic E-state index is 11.8. The van der Waals surface area contributed by atoms with E-state index in [0.29, 0.717) is 6.54 Å². The maximum Gasteiger partial charge on any atom is 0.319 e. The predicted molar refractivity (Wildman–Crippen MR) is 87.9 cm³/mol. The summed E-state index contributed by atoms with van der Waals surface area (Å²) >= 11 is 0. The Hall–Kier alpha value is -2.82. The van der Waals surface area contributed by atoms with Crippen molar-refractivity contribution in [1.82, 2.24) is 14.9 Å². The lowest BCUT2D eigenvalue weighted by atomic mass is 10.1. The quantitative estimate of drug-likeness (QED) is 0.777. The highest BCUT2D eigenvalue weighted by Gasteiger charge is 2.03. The molecule has 1 heterocycles. The normalized spacial score (nSPS) is 10.6. The van der Waals surface area contributed by atoms with Crippen molar-refractivity contribution in [2.45, 2.75) is 6.42 Å². The molecule has 2 aromatic carbocycles. The number of hydrogen-bond donors (Lipinski definition) is 2. The fourth-order valence-electron chi connectivity index (χ4n) is 2.35. The van der Waals surface area contributed by atoms with Crippen LogP contribution in [0.4, 0.5) is 10.5 Å². The third-order valence-electron chi connectivity index (χ3n) is 3.52. The van der Waals surface area contributed by atoms with Gasteiger partial charge in [0.25, 0.3) is 0 Å². The van der Waals surface area contributed by atoms with Gasteiger partial charge in [-0.3, -0.25) is 0 Å². The van der Waals surface area contributed by atoms with E-state index in [1.807, 2.05) is 41.9 Å². The monoisotopic (exact) mass is 294 g/mol. The van der Waals surface area contributed by atoms with Crippen LogP contribution in [0.3, 0.4) is 0 Å². The highest BCUT2D eigenvalue weighted by Crippen LogP contribution is 2.14. The number of carbonyl (C=O) groups excluding carboxylic acids is 1. The summed E-state index contributed by atoms with van der Waals surface area (Å²) in [6.07, 6.45) is 2.58. The van der Waals surface area contributed by atoms with Crippen molar-refractivity contribution in [3.63, 3.8) is 0 Å². The molecule has 2 amide bonds. The van der Waals surface area contributed by atoms with E-state index in [1.54, 1.807) is 6.33 Å². The zero-order chi connectivity index (χ0) is 15.4. The number of para-hydroxylation sites is 1. The SMILES string of the molecule is Cn1cnc2cc(CCNC(=O)Nc3ccccc3)ccc21. The molecule has 0 saturated carbocycles. The van der Waals surface area contributed by atoms with Crippen molar-refractivity contribution in [3.05, 3.63) is 60.4 Å². The molecule has 5 nitrogen and oxygen atoms in total. The van der Waals surface area contributed by atoms with Gasteiger partial charge < -0.3 is 15.2 Å². The number of imidazole rings is 1. The van der Waals surface area contributed by atoms with E-state index < -0.39 is 0 Å². The minimum Gasteiger partial charge on any atom is -0.338 e. The summed E-state index contributed by atoms with van der Waals surface area (Å²) in [4.78, 5) is 16.1. The zero-order valence-corrected chi connectivity index (χ0v) is 12.4. The number of aromatic nitrogens is 2. The van der Waals surface area contributed by atoms with Crippen molar-refractivity contribution in [2.24, 2.45) is 7.05 Å². The van der Waals surface area contributed by atoms with Gasteiger partial charge >= 0.3 is 6.03 Å². The minimum atomic E-state index is -0.190. The molecule has 1 aromatic heterocycles. The second-order valence-corrected chi connectivity index (χ2v) is 5.18. The Balaban J connectivity index is 1.52. The number of amides is 2. The highest BCUT2D eigenvalue weighted by molar-refractivity contribution is 5.89. The van der Waals surface area contributed by atoms with Crippen LogP contribution in [-0.4, -0.2) is 22.1 Å². The first-order valence-electron chi connectivity index (χ1n) is 7.22. The van der Waals surface area contributed by atoms with Gasteiger partial charge in [-0.05, 0) is 36.2 Å². The van der Waals surface area contributed by atoms with Gasteiger partial charge in [-0.15, -0.1) is 0 Å². The molecule has 0 spiro atoms. The lowest BCUT2D eigenvalue weighted by Crippen LogP contribution is -2.30. The Kier molecular flexibility index (Phi) is 4.05. The van der Waals surface area contributed by atoms with Gasteiger partial charge in [0.2, 0.25) is 0 Å². The first-order valence-corrected chi connectivity index (χ1v) is 7.22. The Morgan fingerprint density at radius 1 is 1.18 bits per heavy atom. The number of rotatable bonds is 4. The molecule has 0 fully saturated rings. The van der Waals surface area contributed by atoms with Gasteiger partial charge in [0.1, 0.15) is 0 Å². The average Bonchev–Trinajstić information content (AvgIpc) is 2.89. The standard InChI is InChI=1S/C17H18N4O/c1-21-12-19-15-11-13(7-8-16(15)21)9-10-18-17(22)20-14-5-3-2-4-6-14/h2-8,11-12H,9-10H2,1H3,(H2,18,20,22). The van der Waals surface area contributed by atoms with Gasteiger partial charge in [-0.25, -0.2) is 9.78 Å². The van der Waals surface area contributed by atoms with Gasteiger partial charge in [0.05, 0.1) is 17.4 Å². The van der Waals surface area contributed by atoms with Crippen LogP contribution in [0.15, 0.2) is 54.9 Å². The van der Waals surface area contributed by atoms with E-state index in [-0.39, 0.29) is 6.03 Å². The number of nitrogens with one attached hydrogen (secondary N) is 2. The molecular formula is C17H18N4O. The van der Waals surface area contributed by atoms with Crippen molar-refractivity contribution in [2.75, 3.05) is 11.9 Å². The molecular weight excluding hydrogens is 276 g/mol. The van der Waals surface area contributed by atoms with Crippen LogP contribution in [0, 0.1) is 0 Å². The van der Waals surface area contributed by atoms with Gasteiger partial charge in [-0.1, -0.05) is 24.3 Å². The van der Waals surface area contributed by atoms with Crippen LogP contribution < -0.4 is 10.6 Å². The fourth-order valence-corrected chi connectivity index (χ4v) is 2.35. The summed E-state index contributed by atoms with van der Waals surface area (Å²) in [5.41, 5.74) is 4.04. The van der Waals surface area contributed by atoms with Gasteiger partial charge in [0, 0.05) is 19.3 Å². The summed E-state index contributed by atoms with van der Waals surface area (Å²) < 4.78 is 1.99. The van der Waals surface area contributed by atoms with Crippen LogP contribution in [0.25, 0.3) is 11.0 Å². The molecule has 0 unspecified atom stereocenters. The van der Waals surface area contributed by atoms with E-state index in [9.17, 15) is 4.79 Å². The molecule has 0 aliphatic heterocycles. The van der Waals surface area contributed by atoms with E-state index in [4.69, 9.17) is 0 Å². The maximum absolute atomic E-state index is 11.8. The number of fused-ring (bicyclic) bond motifs is 1. The molecule has 0 atom stereocenters. The first-order chi connectivity index (χ1) is 10.7. The van der Waals surface area contributed by atoms with Crippen LogP contribution in [0.1, 0.15) is 5.56 Å². The zero-order valence-electron chi connectivity index (χ0n) is 12.4. The van der Waals surface area contributed by atoms with Crippen LogP contribution >= 0.6 is 0 Å². The van der Waals surface area contributed by atoms with Crippen molar-refractivity contribution in [1.29, 1.82) is 0 Å². The molecule has 3 aromatic rings. The van der Waals surface area contributed by atoms with Crippen molar-refractivity contribution >= 4 is 22.8 Å². The summed E-state index contributed by atoms with van der Waals surface area (Å²) in [5, 5.41) is 5.65. The third-order valence-corrected chi connectivity index (χ3v) is 3.52. The molecule has 22 heavy (non-hydrogen) atoms. The van der Waals surface area contributed by atoms with Gasteiger partial charge in [0.15, 0.2) is 0 Å². The van der Waals surface area contributed by atoms with Crippen molar-refractivity contribution in [3.8, 4) is 0 Å². The van der Waals surface area contributed by atoms with E-state index in [2.05, 4.69) is 33.8 Å². The molecule has 5 heteroatoms. The summed E-state index contributed by atoms with van der Waals surface area (Å²) in [6.45, 7) is 0.580. The predicted octanol–water partition coefficient (Wildman–Crippen LogP) is 2.94. The molecule has 112 valence electrons. The molecule has 3 rings (SSSR count). The second kappa shape index (κ2) is 6.30. The molecule has 0 radical (unpaired) electrons. The number of carbonyl (C=O) groups is 1. The average molecular weight is 294 g/mol. The molecule has 0 saturated heterocycles. The number of urea groups is 1. The van der Waals surface area contributed by atoms with Gasteiger partial charge in [-0.2, -0.15) is 0 Å². The molecule has 0 aliphatic rings. The first kappa shape index (κ1) is 14.1. The Labute approximate surface area is 129 Å². The number of nitrogens with zero attached hydrogens (tertiary/aromatic N) is 2. The number of aryl methyl sites for hydroxylation is 1. The second-order valence-electron chi connectivity index (χ2n) is 5.18. The number of anilines is 1. The van der Waals surface area contributed by atoms with E-state index >= 15 is 0 Å². The van der Waals surface area contributed by atoms with Crippen LogP contribution in [0.5, 0.6) is 0 Å². The lowest BCUT2D eigenvalue weighted by molar-refractivity contribution is 0.252. The Morgan fingerprint density at radius 3 is 2.82 bits per heavy atom. The minimum absolute atomic E-state index is 0.190.